The molecule has 0 radical (unpaired) electrons. The molecule has 6 rings (SSSR count). The first-order chi connectivity index (χ1) is 16.9. The third-order valence-electron chi connectivity index (χ3n) is 6.40. The number of hydrogen-bond acceptors (Lipinski definition) is 4. The van der Waals surface area contributed by atoms with Crippen LogP contribution < -0.4 is 14.9 Å². The fourth-order valence-corrected chi connectivity index (χ4v) is 7.18. The molecule has 1 aliphatic heterocycles. The molecule has 0 amide bonds. The molecular formula is C27H17Br2ClN2O2S. The first-order valence-corrected chi connectivity index (χ1v) is 13.8. The number of aromatic hydroxyl groups is 1. The summed E-state index contributed by atoms with van der Waals surface area (Å²) in [5.41, 5.74) is 5.90. The molecule has 1 aromatic heterocycles. The van der Waals surface area contributed by atoms with Gasteiger partial charge in [0.2, 0.25) is 0 Å². The van der Waals surface area contributed by atoms with Crippen LogP contribution in [0, 0.1) is 0 Å². The highest BCUT2D eigenvalue weighted by Crippen LogP contribution is 2.41. The molecule has 4 aromatic rings. The molecule has 2 aliphatic rings. The predicted molar refractivity (Wildman–Crippen MR) is 148 cm³/mol. The van der Waals surface area contributed by atoms with Crippen molar-refractivity contribution < 1.29 is 5.11 Å². The third-order valence-corrected chi connectivity index (χ3v) is 8.70. The molecule has 0 unspecified atom stereocenters. The highest BCUT2D eigenvalue weighted by Gasteiger charge is 2.32. The molecule has 2 heterocycles. The highest BCUT2D eigenvalue weighted by atomic mass is 79.9. The van der Waals surface area contributed by atoms with Crippen molar-refractivity contribution in [3.8, 4) is 5.75 Å². The van der Waals surface area contributed by atoms with Crippen LogP contribution in [0.15, 0.2) is 85.0 Å². The summed E-state index contributed by atoms with van der Waals surface area (Å²) in [5, 5.41) is 11.2. The number of halogens is 3. The lowest BCUT2D eigenvalue weighted by molar-refractivity contribution is 0.470. The highest BCUT2D eigenvalue weighted by molar-refractivity contribution is 9.11. The number of nitrogens with zero attached hydrogens (tertiary/aromatic N) is 2. The van der Waals surface area contributed by atoms with E-state index in [2.05, 4.69) is 50.1 Å². The predicted octanol–water partition coefficient (Wildman–Crippen LogP) is 6.20. The molecule has 1 aliphatic carbocycles. The van der Waals surface area contributed by atoms with Crippen molar-refractivity contribution in [2.45, 2.75) is 18.9 Å². The van der Waals surface area contributed by atoms with Gasteiger partial charge >= 0.3 is 0 Å². The molecule has 4 nitrogen and oxygen atoms in total. The second kappa shape index (κ2) is 8.89. The minimum absolute atomic E-state index is 0.0847. The first kappa shape index (κ1) is 23.0. The Labute approximate surface area is 226 Å². The van der Waals surface area contributed by atoms with Crippen molar-refractivity contribution in [2.24, 2.45) is 4.99 Å². The lowest BCUT2D eigenvalue weighted by atomic mass is 9.83. The maximum absolute atomic E-state index is 13.8. The molecule has 0 saturated carbocycles. The van der Waals surface area contributed by atoms with Gasteiger partial charge in [-0.2, -0.15) is 0 Å². The number of aromatic nitrogens is 1. The van der Waals surface area contributed by atoms with Crippen LogP contribution in [0.5, 0.6) is 5.75 Å². The number of fused-ring (bicyclic) bond motifs is 3. The first-order valence-electron chi connectivity index (χ1n) is 11.0. The quantitative estimate of drug-likeness (QED) is 0.288. The van der Waals surface area contributed by atoms with Crippen molar-refractivity contribution in [3.63, 3.8) is 0 Å². The molecule has 1 atom stereocenters. The molecule has 3 aromatic carbocycles. The number of phenolic OH excluding ortho intramolecular Hbond substituents is 1. The summed E-state index contributed by atoms with van der Waals surface area (Å²) >= 11 is 14.4. The number of rotatable bonds is 2. The minimum atomic E-state index is -0.267. The van der Waals surface area contributed by atoms with Crippen molar-refractivity contribution in [2.75, 3.05) is 0 Å². The molecular weight excluding hydrogens is 612 g/mol. The zero-order chi connectivity index (χ0) is 24.3. The van der Waals surface area contributed by atoms with Gasteiger partial charge < -0.3 is 5.11 Å². The van der Waals surface area contributed by atoms with E-state index in [9.17, 15) is 9.90 Å². The van der Waals surface area contributed by atoms with Gasteiger partial charge in [0.1, 0.15) is 5.75 Å². The number of aryl methyl sites for hydroxylation is 1. The molecule has 0 fully saturated rings. The Bertz CT molecular complexity index is 1720. The van der Waals surface area contributed by atoms with Gasteiger partial charge in [-0.1, -0.05) is 75.3 Å². The van der Waals surface area contributed by atoms with Crippen LogP contribution in [-0.4, -0.2) is 9.67 Å². The Kier molecular flexibility index (Phi) is 5.84. The Morgan fingerprint density at radius 3 is 2.66 bits per heavy atom. The second-order valence-electron chi connectivity index (χ2n) is 8.49. The normalized spacial score (nSPS) is 17.0. The van der Waals surface area contributed by atoms with Gasteiger partial charge in [0.15, 0.2) is 4.80 Å². The van der Waals surface area contributed by atoms with E-state index in [0.29, 0.717) is 24.4 Å². The Morgan fingerprint density at radius 1 is 1.09 bits per heavy atom. The zero-order valence-electron chi connectivity index (χ0n) is 18.1. The van der Waals surface area contributed by atoms with E-state index in [0.717, 1.165) is 39.7 Å². The smallest absolute Gasteiger partial charge is 0.271 e. The lowest BCUT2D eigenvalue weighted by Gasteiger charge is -2.30. The van der Waals surface area contributed by atoms with Gasteiger partial charge in [-0.3, -0.25) is 9.36 Å². The lowest BCUT2D eigenvalue weighted by Crippen LogP contribution is -2.38. The monoisotopic (exact) mass is 626 g/mol. The Morgan fingerprint density at radius 2 is 1.86 bits per heavy atom. The average molecular weight is 629 g/mol. The summed E-state index contributed by atoms with van der Waals surface area (Å²) < 4.78 is 3.65. The van der Waals surface area contributed by atoms with Gasteiger partial charge in [0.25, 0.3) is 5.56 Å². The molecule has 0 bridgehead atoms. The summed E-state index contributed by atoms with van der Waals surface area (Å²) in [6, 6.07) is 19.3. The van der Waals surface area contributed by atoms with Gasteiger partial charge in [-0.15, -0.1) is 0 Å². The molecule has 174 valence electrons. The summed E-state index contributed by atoms with van der Waals surface area (Å²) in [6.45, 7) is 0. The fraction of sp³-hybridized carbons (Fsp3) is 0.111. The van der Waals surface area contributed by atoms with Gasteiger partial charge in [0.05, 0.1) is 20.7 Å². The number of allylic oxidation sites excluding steroid dienone is 1. The maximum Gasteiger partial charge on any atom is 0.271 e. The Hall–Kier alpha value is -2.45. The maximum atomic E-state index is 13.8. The number of phenols is 1. The van der Waals surface area contributed by atoms with E-state index in [1.165, 1.54) is 16.9 Å². The minimum Gasteiger partial charge on any atom is -0.506 e. The van der Waals surface area contributed by atoms with E-state index in [1.54, 1.807) is 22.8 Å². The number of hydrogen-bond donors (Lipinski definition) is 1. The standard InChI is InChI=1S/C27H17Br2ClN2O2S/c28-17-11-16(25(33)21(29)13-17)12-22-26(34)32-24(15-5-8-18(30)9-6-15)20-10-7-14-3-1-2-4-19(14)23(20)31-27(32)35-22/h1-6,8-9,11-13,24,33H,7,10H2/b22-12-/t24-/m0/s1. The summed E-state index contributed by atoms with van der Waals surface area (Å²) in [6.07, 6.45) is 3.45. The van der Waals surface area contributed by atoms with Gasteiger partial charge in [0, 0.05) is 20.6 Å². The van der Waals surface area contributed by atoms with Gasteiger partial charge in [-0.25, -0.2) is 4.99 Å². The Balaban J connectivity index is 1.64. The molecule has 0 spiro atoms. The van der Waals surface area contributed by atoms with Crippen LogP contribution in [0.2, 0.25) is 5.02 Å². The van der Waals surface area contributed by atoms with E-state index in [1.807, 2.05) is 30.3 Å². The average Bonchev–Trinajstić information content (AvgIpc) is 3.16. The topological polar surface area (TPSA) is 54.6 Å². The molecule has 1 N–H and O–H groups in total. The summed E-state index contributed by atoms with van der Waals surface area (Å²) in [5.74, 6) is 0.0847. The van der Waals surface area contributed by atoms with Crippen molar-refractivity contribution >= 4 is 66.6 Å². The van der Waals surface area contributed by atoms with E-state index in [4.69, 9.17) is 16.6 Å². The number of benzene rings is 3. The second-order valence-corrected chi connectivity index (χ2v) is 11.7. The van der Waals surface area contributed by atoms with Crippen LogP contribution in [-0.2, 0) is 6.42 Å². The molecule has 0 saturated heterocycles. The fourth-order valence-electron chi connectivity index (χ4n) is 4.80. The van der Waals surface area contributed by atoms with Crippen LogP contribution in [0.25, 0.3) is 11.8 Å². The summed E-state index contributed by atoms with van der Waals surface area (Å²) in [4.78, 5) is 19.5. The summed E-state index contributed by atoms with van der Waals surface area (Å²) in [7, 11) is 0. The molecule has 35 heavy (non-hydrogen) atoms. The van der Waals surface area contributed by atoms with E-state index < -0.39 is 0 Å². The van der Waals surface area contributed by atoms with Crippen LogP contribution in [0.1, 0.15) is 34.7 Å². The third kappa shape index (κ3) is 3.95. The van der Waals surface area contributed by atoms with Crippen molar-refractivity contribution in [1.82, 2.24) is 4.57 Å². The van der Waals surface area contributed by atoms with Crippen molar-refractivity contribution in [3.05, 3.63) is 122 Å². The zero-order valence-corrected chi connectivity index (χ0v) is 22.9. The SMILES string of the molecule is O=c1/c(=C/c2cc(Br)cc(Br)c2O)sc2n1[C@@H](c1ccc(Cl)cc1)C1=C(N=2)c2ccccc2CC1. The van der Waals surface area contributed by atoms with E-state index in [-0.39, 0.29) is 17.4 Å². The van der Waals surface area contributed by atoms with Gasteiger partial charge in [-0.05, 0) is 75.8 Å². The molecule has 8 heteroatoms. The van der Waals surface area contributed by atoms with Crippen LogP contribution in [0.4, 0.5) is 0 Å². The van der Waals surface area contributed by atoms with E-state index >= 15 is 0 Å². The van der Waals surface area contributed by atoms with Crippen LogP contribution >= 0.6 is 54.8 Å². The van der Waals surface area contributed by atoms with Crippen molar-refractivity contribution in [1.29, 1.82) is 0 Å². The number of thiazole rings is 1. The largest absolute Gasteiger partial charge is 0.506 e. The van der Waals surface area contributed by atoms with Crippen LogP contribution in [0.3, 0.4) is 0 Å².